The van der Waals surface area contributed by atoms with Crippen molar-refractivity contribution in [3.05, 3.63) is 17.7 Å². The SMILES string of the molecule is COc1cc(C(=O)N2CCC2C(=O)O)cc(OC)c1OC. The van der Waals surface area contributed by atoms with Crippen LogP contribution < -0.4 is 14.2 Å². The molecular weight excluding hydrogens is 278 g/mol. The molecule has 7 nitrogen and oxygen atoms in total. The van der Waals surface area contributed by atoms with Gasteiger partial charge in [-0.05, 0) is 18.6 Å². The first-order chi connectivity index (χ1) is 10.0. The van der Waals surface area contributed by atoms with Gasteiger partial charge in [-0.25, -0.2) is 4.79 Å². The number of aliphatic carboxylic acids is 1. The molecule has 1 aromatic carbocycles. The number of carboxylic acid groups (broad SMARTS) is 1. The molecule has 1 aliphatic rings. The second-order valence-corrected chi connectivity index (χ2v) is 4.56. The lowest BCUT2D eigenvalue weighted by Crippen LogP contribution is -2.55. The summed E-state index contributed by atoms with van der Waals surface area (Å²) < 4.78 is 15.6. The van der Waals surface area contributed by atoms with Gasteiger partial charge in [0.1, 0.15) is 6.04 Å². The van der Waals surface area contributed by atoms with Crippen molar-refractivity contribution >= 4 is 11.9 Å². The molecule has 0 aliphatic carbocycles. The molecule has 1 fully saturated rings. The first-order valence-corrected chi connectivity index (χ1v) is 6.37. The number of carboxylic acids is 1. The number of benzene rings is 1. The molecule has 1 atom stereocenters. The van der Waals surface area contributed by atoms with Gasteiger partial charge in [0.25, 0.3) is 5.91 Å². The van der Waals surface area contributed by atoms with Crippen LogP contribution in [-0.4, -0.2) is 55.8 Å². The second-order valence-electron chi connectivity index (χ2n) is 4.56. The predicted molar refractivity (Wildman–Crippen MR) is 73.2 cm³/mol. The van der Waals surface area contributed by atoms with E-state index in [9.17, 15) is 9.59 Å². The minimum Gasteiger partial charge on any atom is -0.493 e. The van der Waals surface area contributed by atoms with E-state index in [2.05, 4.69) is 0 Å². The average Bonchev–Trinajstić information content (AvgIpc) is 2.43. The van der Waals surface area contributed by atoms with E-state index < -0.39 is 12.0 Å². The predicted octanol–water partition coefficient (Wildman–Crippen LogP) is 1.01. The zero-order chi connectivity index (χ0) is 15.6. The molecule has 0 radical (unpaired) electrons. The summed E-state index contributed by atoms with van der Waals surface area (Å²) in [4.78, 5) is 24.7. The van der Waals surface area contributed by atoms with E-state index in [0.717, 1.165) is 0 Å². The van der Waals surface area contributed by atoms with Crippen molar-refractivity contribution in [2.24, 2.45) is 0 Å². The monoisotopic (exact) mass is 295 g/mol. The summed E-state index contributed by atoms with van der Waals surface area (Å²) in [6, 6.07) is 2.26. The summed E-state index contributed by atoms with van der Waals surface area (Å²) in [7, 11) is 4.38. The van der Waals surface area contributed by atoms with Crippen molar-refractivity contribution in [3.8, 4) is 17.2 Å². The fourth-order valence-electron chi connectivity index (χ4n) is 2.26. The zero-order valence-electron chi connectivity index (χ0n) is 12.1. The highest BCUT2D eigenvalue weighted by atomic mass is 16.5. The Morgan fingerprint density at radius 3 is 2.05 bits per heavy atom. The standard InChI is InChI=1S/C14H17NO6/c1-19-10-6-8(7-11(20-2)12(10)21-3)13(16)15-5-4-9(15)14(17)18/h6-7,9H,4-5H2,1-3H3,(H,17,18). The Balaban J connectivity index is 2.35. The Hall–Kier alpha value is -2.44. The molecule has 21 heavy (non-hydrogen) atoms. The molecule has 1 saturated heterocycles. The number of hydrogen-bond acceptors (Lipinski definition) is 5. The lowest BCUT2D eigenvalue weighted by atomic mass is 10.0. The summed E-state index contributed by atoms with van der Waals surface area (Å²) in [5.74, 6) is -0.273. The van der Waals surface area contributed by atoms with E-state index in [1.165, 1.54) is 38.4 Å². The lowest BCUT2D eigenvalue weighted by molar-refractivity contribution is -0.146. The fraction of sp³-hybridized carbons (Fsp3) is 0.429. The van der Waals surface area contributed by atoms with E-state index in [1.54, 1.807) is 0 Å². The summed E-state index contributed by atoms with van der Waals surface area (Å²) in [6.07, 6.45) is 0.464. The highest BCUT2D eigenvalue weighted by Crippen LogP contribution is 2.39. The third-order valence-electron chi connectivity index (χ3n) is 3.48. The number of rotatable bonds is 5. The van der Waals surface area contributed by atoms with Gasteiger partial charge in [-0.2, -0.15) is 0 Å². The van der Waals surface area contributed by atoms with Crippen LogP contribution in [0.3, 0.4) is 0 Å². The number of carbonyl (C=O) groups excluding carboxylic acids is 1. The van der Waals surface area contributed by atoms with Gasteiger partial charge in [-0.15, -0.1) is 0 Å². The van der Waals surface area contributed by atoms with Crippen molar-refractivity contribution in [1.29, 1.82) is 0 Å². The van der Waals surface area contributed by atoms with Crippen LogP contribution in [0.15, 0.2) is 12.1 Å². The molecule has 1 unspecified atom stereocenters. The van der Waals surface area contributed by atoms with E-state index in [0.29, 0.717) is 35.8 Å². The second kappa shape index (κ2) is 5.90. The van der Waals surface area contributed by atoms with Crippen LogP contribution in [0.4, 0.5) is 0 Å². The molecule has 114 valence electrons. The number of ether oxygens (including phenoxy) is 3. The molecule has 1 aromatic rings. The smallest absolute Gasteiger partial charge is 0.326 e. The number of likely N-dealkylation sites (tertiary alicyclic amines) is 1. The molecule has 0 bridgehead atoms. The molecular formula is C14H17NO6. The van der Waals surface area contributed by atoms with Crippen molar-refractivity contribution in [2.45, 2.75) is 12.5 Å². The Bertz CT molecular complexity index is 546. The van der Waals surface area contributed by atoms with Gasteiger partial charge in [0.05, 0.1) is 21.3 Å². The Labute approximate surface area is 122 Å². The number of hydrogen-bond donors (Lipinski definition) is 1. The van der Waals surface area contributed by atoms with Crippen LogP contribution in [0.2, 0.25) is 0 Å². The fourth-order valence-corrected chi connectivity index (χ4v) is 2.26. The number of amides is 1. The molecule has 1 amide bonds. The van der Waals surface area contributed by atoms with Gasteiger partial charge in [0.15, 0.2) is 11.5 Å². The van der Waals surface area contributed by atoms with E-state index >= 15 is 0 Å². The zero-order valence-corrected chi connectivity index (χ0v) is 12.1. The van der Waals surface area contributed by atoms with Crippen molar-refractivity contribution < 1.29 is 28.9 Å². The third kappa shape index (κ3) is 2.58. The summed E-state index contributed by atoms with van der Waals surface area (Å²) in [5, 5.41) is 9.02. The van der Waals surface area contributed by atoms with Crippen LogP contribution in [0.25, 0.3) is 0 Å². The molecule has 0 aromatic heterocycles. The normalized spacial score (nSPS) is 16.9. The Morgan fingerprint density at radius 1 is 1.14 bits per heavy atom. The average molecular weight is 295 g/mol. The van der Waals surface area contributed by atoms with E-state index in [4.69, 9.17) is 19.3 Å². The minimum atomic E-state index is -0.998. The summed E-state index contributed by atoms with van der Waals surface area (Å²) >= 11 is 0. The van der Waals surface area contributed by atoms with Crippen LogP contribution in [-0.2, 0) is 4.79 Å². The molecule has 0 spiro atoms. The quantitative estimate of drug-likeness (QED) is 0.872. The van der Waals surface area contributed by atoms with Gasteiger partial charge in [-0.3, -0.25) is 4.79 Å². The van der Waals surface area contributed by atoms with Crippen molar-refractivity contribution in [3.63, 3.8) is 0 Å². The van der Waals surface area contributed by atoms with Crippen molar-refractivity contribution in [2.75, 3.05) is 27.9 Å². The molecule has 1 N–H and O–H groups in total. The molecule has 7 heteroatoms. The first kappa shape index (κ1) is 15.0. The largest absolute Gasteiger partial charge is 0.493 e. The first-order valence-electron chi connectivity index (χ1n) is 6.37. The summed E-state index contributed by atoms with van der Waals surface area (Å²) in [6.45, 7) is 0.423. The number of methoxy groups -OCH3 is 3. The molecule has 1 heterocycles. The Morgan fingerprint density at radius 2 is 1.71 bits per heavy atom. The number of nitrogens with zero attached hydrogens (tertiary/aromatic N) is 1. The maximum absolute atomic E-state index is 12.4. The molecule has 0 saturated carbocycles. The van der Waals surface area contributed by atoms with Gasteiger partial charge in [-0.1, -0.05) is 0 Å². The molecule has 1 aliphatic heterocycles. The van der Waals surface area contributed by atoms with Crippen molar-refractivity contribution in [1.82, 2.24) is 4.90 Å². The lowest BCUT2D eigenvalue weighted by Gasteiger charge is -2.38. The van der Waals surface area contributed by atoms with Gasteiger partial charge in [0.2, 0.25) is 5.75 Å². The number of carbonyl (C=O) groups is 2. The van der Waals surface area contributed by atoms with E-state index in [1.807, 2.05) is 0 Å². The van der Waals surface area contributed by atoms with Crippen LogP contribution in [0.5, 0.6) is 17.2 Å². The highest BCUT2D eigenvalue weighted by Gasteiger charge is 2.38. The topological polar surface area (TPSA) is 85.3 Å². The van der Waals surface area contributed by atoms with E-state index in [-0.39, 0.29) is 5.91 Å². The van der Waals surface area contributed by atoms with Gasteiger partial charge in [0, 0.05) is 12.1 Å². The van der Waals surface area contributed by atoms with Crippen LogP contribution >= 0.6 is 0 Å². The van der Waals surface area contributed by atoms with Crippen LogP contribution in [0, 0.1) is 0 Å². The van der Waals surface area contributed by atoms with Crippen LogP contribution in [0.1, 0.15) is 16.8 Å². The maximum Gasteiger partial charge on any atom is 0.326 e. The third-order valence-corrected chi connectivity index (χ3v) is 3.48. The highest BCUT2D eigenvalue weighted by molar-refractivity contribution is 5.98. The molecule has 2 rings (SSSR count). The summed E-state index contributed by atoms with van der Waals surface area (Å²) in [5.41, 5.74) is 0.301. The van der Waals surface area contributed by atoms with Gasteiger partial charge < -0.3 is 24.2 Å². The van der Waals surface area contributed by atoms with Gasteiger partial charge >= 0.3 is 5.97 Å². The maximum atomic E-state index is 12.4. The minimum absolute atomic E-state index is 0.301. The Kier molecular flexibility index (Phi) is 4.21.